The van der Waals surface area contributed by atoms with Crippen molar-refractivity contribution >= 4 is 17.6 Å². The van der Waals surface area contributed by atoms with Gasteiger partial charge in [-0.05, 0) is 6.07 Å². The van der Waals surface area contributed by atoms with Crippen LogP contribution in [0, 0.1) is 0 Å². The minimum absolute atomic E-state index is 0.531. The van der Waals surface area contributed by atoms with Crippen molar-refractivity contribution in [2.45, 2.75) is 6.18 Å². The van der Waals surface area contributed by atoms with E-state index < -0.39 is 28.4 Å². The Hall–Kier alpha value is -1.30. The van der Waals surface area contributed by atoms with Gasteiger partial charge in [0.2, 0.25) is 0 Å². The quantitative estimate of drug-likeness (QED) is 0.558. The maximum Gasteiger partial charge on any atom is 0.417 e. The number of carbonyl (C=O) groups excluding carboxylic acids is 1. The molecule has 0 spiro atoms. The summed E-state index contributed by atoms with van der Waals surface area (Å²) in [6, 6.07) is 0.665. The van der Waals surface area contributed by atoms with Gasteiger partial charge in [0.05, 0.1) is 12.7 Å². The summed E-state index contributed by atoms with van der Waals surface area (Å²) in [5.41, 5.74) is -1.93. The molecule has 0 aliphatic carbocycles. The first-order valence-corrected chi connectivity index (χ1v) is 4.05. The van der Waals surface area contributed by atoms with Gasteiger partial charge in [-0.25, -0.2) is 9.78 Å². The number of pyridine rings is 1. The molecule has 0 amide bonds. The van der Waals surface area contributed by atoms with Gasteiger partial charge in [0.15, 0.2) is 0 Å². The van der Waals surface area contributed by atoms with Gasteiger partial charge in [0, 0.05) is 6.20 Å². The zero-order chi connectivity index (χ0) is 11.6. The molecule has 15 heavy (non-hydrogen) atoms. The lowest BCUT2D eigenvalue weighted by Crippen LogP contribution is -2.15. The molecule has 0 aromatic carbocycles. The summed E-state index contributed by atoms with van der Waals surface area (Å²) in [5.74, 6) is -1.17. The van der Waals surface area contributed by atoms with Crippen molar-refractivity contribution in [1.29, 1.82) is 0 Å². The third-order valence-electron chi connectivity index (χ3n) is 1.60. The molecule has 0 unspecified atom stereocenters. The van der Waals surface area contributed by atoms with Crippen LogP contribution in [0.5, 0.6) is 0 Å². The van der Waals surface area contributed by atoms with E-state index >= 15 is 0 Å². The number of nitrogens with zero attached hydrogens (tertiary/aromatic N) is 1. The highest BCUT2D eigenvalue weighted by molar-refractivity contribution is 6.32. The topological polar surface area (TPSA) is 39.2 Å². The van der Waals surface area contributed by atoms with Crippen LogP contribution in [0.25, 0.3) is 0 Å². The lowest BCUT2D eigenvalue weighted by atomic mass is 10.1. The molecular formula is C8H5ClF3NO2. The number of hydrogen-bond donors (Lipinski definition) is 0. The van der Waals surface area contributed by atoms with Gasteiger partial charge in [0.1, 0.15) is 10.7 Å². The van der Waals surface area contributed by atoms with Crippen LogP contribution >= 0.6 is 11.6 Å². The van der Waals surface area contributed by atoms with E-state index in [0.29, 0.717) is 6.07 Å². The van der Waals surface area contributed by atoms with Gasteiger partial charge < -0.3 is 4.74 Å². The Labute approximate surface area is 87.8 Å². The standard InChI is InChI=1S/C8H5ClF3NO2/c1-15-7(14)5-4(8(10,11)12)2-3-13-6(5)9/h2-3H,1H3. The maximum atomic E-state index is 12.4. The van der Waals surface area contributed by atoms with Gasteiger partial charge in [-0.15, -0.1) is 0 Å². The van der Waals surface area contributed by atoms with E-state index in [0.717, 1.165) is 13.3 Å². The summed E-state index contributed by atoms with van der Waals surface area (Å²) in [6.07, 6.45) is -3.80. The van der Waals surface area contributed by atoms with Crippen molar-refractivity contribution in [1.82, 2.24) is 4.98 Å². The average Bonchev–Trinajstić information content (AvgIpc) is 2.15. The summed E-state index contributed by atoms with van der Waals surface area (Å²) in [6.45, 7) is 0. The van der Waals surface area contributed by atoms with Crippen molar-refractivity contribution in [2.75, 3.05) is 7.11 Å². The number of methoxy groups -OCH3 is 1. The van der Waals surface area contributed by atoms with E-state index in [1.807, 2.05) is 0 Å². The molecule has 3 nitrogen and oxygen atoms in total. The zero-order valence-corrected chi connectivity index (χ0v) is 8.19. The number of halogens is 4. The van der Waals surface area contributed by atoms with E-state index in [1.165, 1.54) is 0 Å². The Morgan fingerprint density at radius 2 is 2.13 bits per heavy atom. The molecule has 0 aliphatic heterocycles. The maximum absolute atomic E-state index is 12.4. The average molecular weight is 240 g/mol. The number of carbonyl (C=O) groups is 1. The molecule has 1 rings (SSSR count). The molecule has 0 N–H and O–H groups in total. The molecular weight excluding hydrogens is 235 g/mol. The van der Waals surface area contributed by atoms with Gasteiger partial charge >= 0.3 is 12.1 Å². The second kappa shape index (κ2) is 4.06. The largest absolute Gasteiger partial charge is 0.465 e. The van der Waals surface area contributed by atoms with Crippen molar-refractivity contribution in [3.63, 3.8) is 0 Å². The molecule has 82 valence electrons. The van der Waals surface area contributed by atoms with E-state index in [1.54, 1.807) is 0 Å². The Morgan fingerprint density at radius 1 is 1.53 bits per heavy atom. The van der Waals surface area contributed by atoms with E-state index in [-0.39, 0.29) is 0 Å². The number of ether oxygens (including phenoxy) is 1. The highest BCUT2D eigenvalue weighted by atomic mass is 35.5. The van der Waals surface area contributed by atoms with Crippen molar-refractivity contribution in [3.8, 4) is 0 Å². The first-order chi connectivity index (χ1) is 6.88. The van der Waals surface area contributed by atoms with Crippen LogP contribution in [0.1, 0.15) is 15.9 Å². The van der Waals surface area contributed by atoms with Crippen LogP contribution < -0.4 is 0 Å². The predicted molar refractivity (Wildman–Crippen MR) is 45.6 cm³/mol. The van der Waals surface area contributed by atoms with Crippen molar-refractivity contribution < 1.29 is 22.7 Å². The van der Waals surface area contributed by atoms with E-state index in [9.17, 15) is 18.0 Å². The molecule has 0 saturated heterocycles. The first-order valence-electron chi connectivity index (χ1n) is 3.68. The number of aromatic nitrogens is 1. The molecule has 0 aliphatic rings. The SMILES string of the molecule is COC(=O)c1c(C(F)(F)F)ccnc1Cl. The molecule has 0 bridgehead atoms. The Kier molecular flexibility index (Phi) is 3.18. The fourth-order valence-electron chi connectivity index (χ4n) is 0.969. The Morgan fingerprint density at radius 3 is 2.60 bits per heavy atom. The fourth-order valence-corrected chi connectivity index (χ4v) is 1.20. The van der Waals surface area contributed by atoms with Crippen LogP contribution in [-0.4, -0.2) is 18.1 Å². The molecule has 1 aromatic rings. The molecule has 0 atom stereocenters. The van der Waals surface area contributed by atoms with Gasteiger partial charge in [0.25, 0.3) is 0 Å². The molecule has 0 radical (unpaired) electrons. The minimum Gasteiger partial charge on any atom is -0.465 e. The minimum atomic E-state index is -4.67. The molecule has 1 aromatic heterocycles. The van der Waals surface area contributed by atoms with E-state index in [4.69, 9.17) is 11.6 Å². The first kappa shape index (κ1) is 11.8. The number of rotatable bonds is 1. The fraction of sp³-hybridized carbons (Fsp3) is 0.250. The number of hydrogen-bond acceptors (Lipinski definition) is 3. The normalized spacial score (nSPS) is 11.3. The summed E-state index contributed by atoms with van der Waals surface area (Å²) < 4.78 is 41.5. The second-order valence-corrected chi connectivity index (χ2v) is 2.87. The highest BCUT2D eigenvalue weighted by Gasteiger charge is 2.37. The van der Waals surface area contributed by atoms with Crippen LogP contribution in [0.15, 0.2) is 12.3 Å². The molecule has 7 heteroatoms. The zero-order valence-electron chi connectivity index (χ0n) is 7.43. The monoisotopic (exact) mass is 239 g/mol. The van der Waals surface area contributed by atoms with Crippen LogP contribution in [0.2, 0.25) is 5.15 Å². The van der Waals surface area contributed by atoms with Crippen molar-refractivity contribution in [3.05, 3.63) is 28.5 Å². The summed E-state index contributed by atoms with van der Waals surface area (Å²) in [4.78, 5) is 14.4. The van der Waals surface area contributed by atoms with Gasteiger partial charge in [-0.1, -0.05) is 11.6 Å². The summed E-state index contributed by atoms with van der Waals surface area (Å²) in [5, 5.41) is -0.531. The predicted octanol–water partition coefficient (Wildman–Crippen LogP) is 2.54. The molecule has 1 heterocycles. The van der Waals surface area contributed by atoms with Gasteiger partial charge in [-0.2, -0.15) is 13.2 Å². The summed E-state index contributed by atoms with van der Waals surface area (Å²) in [7, 11) is 0.964. The lowest BCUT2D eigenvalue weighted by molar-refractivity contribution is -0.138. The Bertz CT molecular complexity index is 392. The highest BCUT2D eigenvalue weighted by Crippen LogP contribution is 2.34. The van der Waals surface area contributed by atoms with Gasteiger partial charge in [-0.3, -0.25) is 0 Å². The van der Waals surface area contributed by atoms with Crippen molar-refractivity contribution in [2.24, 2.45) is 0 Å². The third-order valence-corrected chi connectivity index (χ3v) is 1.89. The third kappa shape index (κ3) is 2.38. The Balaban J connectivity index is 3.40. The van der Waals surface area contributed by atoms with Crippen LogP contribution in [-0.2, 0) is 10.9 Å². The van der Waals surface area contributed by atoms with Crippen LogP contribution in [0.3, 0.4) is 0 Å². The molecule has 0 fully saturated rings. The summed E-state index contributed by atoms with van der Waals surface area (Å²) >= 11 is 5.40. The molecule has 0 saturated carbocycles. The second-order valence-electron chi connectivity index (χ2n) is 2.51. The smallest absolute Gasteiger partial charge is 0.417 e. The lowest BCUT2D eigenvalue weighted by Gasteiger charge is -2.11. The van der Waals surface area contributed by atoms with Crippen LogP contribution in [0.4, 0.5) is 13.2 Å². The number of esters is 1. The number of alkyl halides is 3. The van der Waals surface area contributed by atoms with E-state index in [2.05, 4.69) is 9.72 Å².